The molecule has 156 valence electrons. The Bertz CT molecular complexity index is 805. The molecule has 0 spiro atoms. The van der Waals surface area contributed by atoms with E-state index in [4.69, 9.17) is 16.3 Å². The van der Waals surface area contributed by atoms with Gasteiger partial charge in [0.2, 0.25) is 0 Å². The molecule has 2 atom stereocenters. The number of β-amino-alcohol motifs (C(OH)–C–C–N with tert-alkyl or cyclic N) is 1. The van der Waals surface area contributed by atoms with Crippen molar-refractivity contribution in [2.75, 3.05) is 24.5 Å². The molecule has 0 aliphatic carbocycles. The second-order valence-corrected chi connectivity index (χ2v) is 8.99. The Morgan fingerprint density at radius 3 is 2.41 bits per heavy atom. The summed E-state index contributed by atoms with van der Waals surface area (Å²) in [5, 5.41) is 11.3. The minimum Gasteiger partial charge on any atom is -0.444 e. The average Bonchev–Trinajstić information content (AvgIpc) is 3.02. The van der Waals surface area contributed by atoms with E-state index in [2.05, 4.69) is 17.0 Å². The number of aliphatic hydroxyl groups excluding tert-OH is 1. The number of amides is 1. The summed E-state index contributed by atoms with van der Waals surface area (Å²) in [5.41, 5.74) is 1.66. The van der Waals surface area contributed by atoms with Gasteiger partial charge in [0.15, 0.2) is 0 Å². The molecular weight excluding hydrogens is 388 g/mol. The van der Waals surface area contributed by atoms with E-state index in [1.165, 1.54) is 5.56 Å². The first-order valence-corrected chi connectivity index (χ1v) is 10.3. The number of hydrogen-bond acceptors (Lipinski definition) is 4. The molecule has 1 aliphatic heterocycles. The third-order valence-corrected chi connectivity index (χ3v) is 5.17. The van der Waals surface area contributed by atoms with Crippen molar-refractivity contribution in [1.82, 2.24) is 4.90 Å². The third-order valence-electron chi connectivity index (χ3n) is 4.92. The summed E-state index contributed by atoms with van der Waals surface area (Å²) >= 11 is 6.06. The monoisotopic (exact) mass is 416 g/mol. The highest BCUT2D eigenvalue weighted by molar-refractivity contribution is 6.30. The fourth-order valence-corrected chi connectivity index (χ4v) is 3.64. The van der Waals surface area contributed by atoms with Crippen LogP contribution in [-0.4, -0.2) is 47.4 Å². The van der Waals surface area contributed by atoms with E-state index in [1.54, 1.807) is 4.90 Å². The van der Waals surface area contributed by atoms with Crippen LogP contribution in [0, 0.1) is 5.92 Å². The Labute approximate surface area is 177 Å². The van der Waals surface area contributed by atoms with Gasteiger partial charge in [0.25, 0.3) is 0 Å². The maximum Gasteiger partial charge on any atom is 0.410 e. The SMILES string of the molecule is CC(C)(C)OC(=O)N1CC(O)C(CN(Cc2ccccc2)c2ccc(Cl)cc2)C1. The van der Waals surface area contributed by atoms with Gasteiger partial charge < -0.3 is 19.6 Å². The number of hydrogen-bond donors (Lipinski definition) is 1. The summed E-state index contributed by atoms with van der Waals surface area (Å²) in [6.07, 6.45) is -0.965. The summed E-state index contributed by atoms with van der Waals surface area (Å²) in [6, 6.07) is 17.9. The predicted octanol–water partition coefficient (Wildman–Crippen LogP) is 4.57. The standard InChI is InChI=1S/C23H29ClN2O3/c1-23(2,3)29-22(28)26-15-18(21(27)16-26)14-25(13-17-7-5-4-6-8-17)20-11-9-19(24)10-12-20/h4-12,18,21,27H,13-16H2,1-3H3. The summed E-state index contributed by atoms with van der Waals surface area (Å²) in [7, 11) is 0. The summed E-state index contributed by atoms with van der Waals surface area (Å²) in [4.78, 5) is 16.2. The fourth-order valence-electron chi connectivity index (χ4n) is 3.51. The van der Waals surface area contributed by atoms with Gasteiger partial charge in [-0.1, -0.05) is 41.9 Å². The molecule has 6 heteroatoms. The van der Waals surface area contributed by atoms with Crippen LogP contribution in [0.15, 0.2) is 54.6 Å². The van der Waals surface area contributed by atoms with Gasteiger partial charge in [0.1, 0.15) is 5.60 Å². The number of ether oxygens (including phenoxy) is 1. The van der Waals surface area contributed by atoms with E-state index in [0.717, 1.165) is 5.69 Å². The fraction of sp³-hybridized carbons (Fsp3) is 0.435. The lowest BCUT2D eigenvalue weighted by atomic mass is 10.0. The molecule has 0 saturated carbocycles. The summed E-state index contributed by atoms with van der Waals surface area (Å²) < 4.78 is 5.46. The number of carbonyl (C=O) groups excluding carboxylic acids is 1. The van der Waals surface area contributed by atoms with Gasteiger partial charge in [-0.05, 0) is 50.6 Å². The highest BCUT2D eigenvalue weighted by Gasteiger charge is 2.37. The molecule has 1 N–H and O–H groups in total. The lowest BCUT2D eigenvalue weighted by Gasteiger charge is -2.29. The molecule has 5 nitrogen and oxygen atoms in total. The van der Waals surface area contributed by atoms with Crippen molar-refractivity contribution in [2.24, 2.45) is 5.92 Å². The van der Waals surface area contributed by atoms with Crippen molar-refractivity contribution in [3.05, 3.63) is 65.2 Å². The molecule has 0 radical (unpaired) electrons. The molecule has 0 aromatic heterocycles. The van der Waals surface area contributed by atoms with E-state index >= 15 is 0 Å². The normalized spacial score (nSPS) is 19.3. The number of halogens is 1. The molecular formula is C23H29ClN2O3. The molecule has 1 amide bonds. The van der Waals surface area contributed by atoms with E-state index in [1.807, 2.05) is 63.2 Å². The number of anilines is 1. The lowest BCUT2D eigenvalue weighted by molar-refractivity contribution is 0.0270. The van der Waals surface area contributed by atoms with Gasteiger partial charge in [0.05, 0.1) is 12.6 Å². The number of nitrogens with zero attached hydrogens (tertiary/aromatic N) is 2. The quantitative estimate of drug-likeness (QED) is 0.775. The Hall–Kier alpha value is -2.24. The molecule has 3 rings (SSSR count). The first-order valence-electron chi connectivity index (χ1n) is 9.92. The van der Waals surface area contributed by atoms with E-state index in [9.17, 15) is 9.90 Å². The van der Waals surface area contributed by atoms with E-state index in [0.29, 0.717) is 31.2 Å². The maximum absolute atomic E-state index is 12.4. The zero-order chi connectivity index (χ0) is 21.0. The van der Waals surface area contributed by atoms with Crippen molar-refractivity contribution >= 4 is 23.4 Å². The van der Waals surface area contributed by atoms with Gasteiger partial charge in [0, 0.05) is 36.3 Å². The van der Waals surface area contributed by atoms with Crippen LogP contribution in [0.1, 0.15) is 26.3 Å². The Morgan fingerprint density at radius 2 is 1.79 bits per heavy atom. The zero-order valence-electron chi connectivity index (χ0n) is 17.2. The van der Waals surface area contributed by atoms with E-state index < -0.39 is 11.7 Å². The Balaban J connectivity index is 1.73. The van der Waals surface area contributed by atoms with Crippen molar-refractivity contribution in [3.8, 4) is 0 Å². The van der Waals surface area contributed by atoms with Crippen LogP contribution in [0.4, 0.5) is 10.5 Å². The summed E-state index contributed by atoms with van der Waals surface area (Å²) in [6.45, 7) is 7.62. The first-order chi connectivity index (χ1) is 13.7. The van der Waals surface area contributed by atoms with Crippen LogP contribution in [-0.2, 0) is 11.3 Å². The Morgan fingerprint density at radius 1 is 1.14 bits per heavy atom. The molecule has 0 bridgehead atoms. The molecule has 1 aliphatic rings. The first kappa shape index (κ1) is 21.5. The Kier molecular flexibility index (Phi) is 6.70. The number of aliphatic hydroxyl groups is 1. The largest absolute Gasteiger partial charge is 0.444 e. The van der Waals surface area contributed by atoms with Crippen LogP contribution in [0.2, 0.25) is 5.02 Å². The molecule has 1 fully saturated rings. The minimum absolute atomic E-state index is 0.0677. The lowest BCUT2D eigenvalue weighted by Crippen LogP contribution is -2.36. The molecule has 2 unspecified atom stereocenters. The third kappa shape index (κ3) is 6.12. The highest BCUT2D eigenvalue weighted by Crippen LogP contribution is 2.26. The molecule has 29 heavy (non-hydrogen) atoms. The smallest absolute Gasteiger partial charge is 0.410 e. The van der Waals surface area contributed by atoms with Gasteiger partial charge >= 0.3 is 6.09 Å². The average molecular weight is 417 g/mol. The molecule has 1 heterocycles. The predicted molar refractivity (Wildman–Crippen MR) is 116 cm³/mol. The number of carbonyl (C=O) groups is 1. The number of likely N-dealkylation sites (tertiary alicyclic amines) is 1. The number of benzene rings is 2. The van der Waals surface area contributed by atoms with Crippen LogP contribution < -0.4 is 4.90 Å². The van der Waals surface area contributed by atoms with Gasteiger partial charge in [-0.3, -0.25) is 0 Å². The van der Waals surface area contributed by atoms with Gasteiger partial charge in [-0.25, -0.2) is 4.79 Å². The van der Waals surface area contributed by atoms with Crippen LogP contribution >= 0.6 is 11.6 Å². The second-order valence-electron chi connectivity index (χ2n) is 8.56. The van der Waals surface area contributed by atoms with Crippen LogP contribution in [0.5, 0.6) is 0 Å². The van der Waals surface area contributed by atoms with Crippen LogP contribution in [0.25, 0.3) is 0 Å². The molecule has 2 aromatic rings. The number of rotatable bonds is 5. The van der Waals surface area contributed by atoms with Crippen molar-refractivity contribution in [1.29, 1.82) is 0 Å². The second kappa shape index (κ2) is 9.06. The van der Waals surface area contributed by atoms with Crippen molar-refractivity contribution in [2.45, 2.75) is 39.0 Å². The maximum atomic E-state index is 12.4. The van der Waals surface area contributed by atoms with Gasteiger partial charge in [-0.15, -0.1) is 0 Å². The molecule has 2 aromatic carbocycles. The highest BCUT2D eigenvalue weighted by atomic mass is 35.5. The minimum atomic E-state index is -0.590. The van der Waals surface area contributed by atoms with Crippen LogP contribution in [0.3, 0.4) is 0 Å². The molecule has 1 saturated heterocycles. The van der Waals surface area contributed by atoms with Crippen molar-refractivity contribution in [3.63, 3.8) is 0 Å². The van der Waals surface area contributed by atoms with Crippen molar-refractivity contribution < 1.29 is 14.6 Å². The zero-order valence-corrected chi connectivity index (χ0v) is 18.0. The summed E-state index contributed by atoms with van der Waals surface area (Å²) in [5.74, 6) is -0.0677. The topological polar surface area (TPSA) is 53.0 Å². The van der Waals surface area contributed by atoms with Gasteiger partial charge in [-0.2, -0.15) is 0 Å². The van der Waals surface area contributed by atoms with E-state index in [-0.39, 0.29) is 12.0 Å².